The zero-order valence-electron chi connectivity index (χ0n) is 37.7. The third kappa shape index (κ3) is 9.57. The number of ether oxygens (including phenoxy) is 3. The third-order valence-corrected chi connectivity index (χ3v) is 14.2. The average molecular weight is 949 g/mol. The van der Waals surface area contributed by atoms with E-state index < -0.39 is 42.0 Å². The van der Waals surface area contributed by atoms with Gasteiger partial charge in [-0.15, -0.1) is 0 Å². The Kier molecular flexibility index (Phi) is 12.7. The zero-order chi connectivity index (χ0) is 48.0. The van der Waals surface area contributed by atoms with Gasteiger partial charge >= 0.3 is 6.18 Å². The van der Waals surface area contributed by atoms with Crippen molar-refractivity contribution in [2.45, 2.75) is 102 Å². The van der Waals surface area contributed by atoms with Gasteiger partial charge in [0.1, 0.15) is 42.8 Å². The number of fused-ring (bicyclic) bond motifs is 2. The lowest BCUT2D eigenvalue weighted by Gasteiger charge is -2.29. The van der Waals surface area contributed by atoms with Gasteiger partial charge in [0, 0.05) is 67.8 Å². The standard InChI is InChI=1S/C51H51F3N6O9/c52-51(53,54)44-22-34(25-58(44)24-30-7-9-31(10-8-30)28-68-42-5-1-3-35-38(42)26-59(49(35)65)40-13-15-45(61)55-47(40)63)37-21-32(23-57-17-19-67-20-18-57)11-12-33(37)29-69-43-6-2-4-36-39(43)27-60(50(36)66)41-14-16-46(62)56-48(41)64/h1-12,21,34,40-41,44H,13-20,22-29H2,(H,55,61,63)(H,56,62,64)/t34?,40?,41-,44-/m0/s1. The maximum atomic E-state index is 15.0. The number of hydrogen-bond acceptors (Lipinski definition) is 11. The SMILES string of the molecule is O=C1CCC(N2Cc3c(OCc4ccc(CN5CC(c6cc(CN7CCOCC7)ccc6COc6cccc7c6CN([C@H]6CCC(=O)NC6=O)C7=O)C[C@H]5C(F)(F)F)cc4)cccc3C2=O)C(=O)N1. The van der Waals surface area contributed by atoms with Crippen molar-refractivity contribution in [1.82, 2.24) is 30.2 Å². The normalized spacial score (nSPS) is 23.3. The first-order chi connectivity index (χ1) is 33.3. The van der Waals surface area contributed by atoms with Crippen molar-refractivity contribution in [3.05, 3.63) is 129 Å². The predicted octanol–water partition coefficient (Wildman–Crippen LogP) is 5.12. The second-order valence-corrected chi connectivity index (χ2v) is 18.6. The van der Waals surface area contributed by atoms with Gasteiger partial charge in [-0.2, -0.15) is 13.2 Å². The van der Waals surface area contributed by atoms with Gasteiger partial charge in [0.25, 0.3) is 11.8 Å². The highest BCUT2D eigenvalue weighted by atomic mass is 19.4. The summed E-state index contributed by atoms with van der Waals surface area (Å²) in [5.74, 6) is -1.96. The molecule has 69 heavy (non-hydrogen) atoms. The molecule has 0 aromatic heterocycles. The summed E-state index contributed by atoms with van der Waals surface area (Å²) in [5.41, 5.74) is 6.03. The van der Waals surface area contributed by atoms with E-state index >= 15 is 13.2 Å². The van der Waals surface area contributed by atoms with Gasteiger partial charge in [-0.25, -0.2) is 0 Å². The van der Waals surface area contributed by atoms with Gasteiger partial charge in [0.2, 0.25) is 23.6 Å². The first-order valence-corrected chi connectivity index (χ1v) is 23.4. The van der Waals surface area contributed by atoms with Crippen molar-refractivity contribution in [1.29, 1.82) is 0 Å². The summed E-state index contributed by atoms with van der Waals surface area (Å²) in [7, 11) is 0. The summed E-state index contributed by atoms with van der Waals surface area (Å²) in [5, 5.41) is 4.63. The summed E-state index contributed by atoms with van der Waals surface area (Å²) >= 11 is 0. The van der Waals surface area contributed by atoms with E-state index in [4.69, 9.17) is 14.2 Å². The predicted molar refractivity (Wildman–Crippen MR) is 240 cm³/mol. The monoisotopic (exact) mass is 948 g/mol. The number of nitrogens with one attached hydrogen (secondary N) is 2. The molecule has 4 saturated heterocycles. The van der Waals surface area contributed by atoms with Crippen molar-refractivity contribution in [2.75, 3.05) is 32.8 Å². The number of piperidine rings is 2. The molecule has 0 aliphatic carbocycles. The third-order valence-electron chi connectivity index (χ3n) is 14.2. The molecule has 6 amide bonds. The molecule has 2 N–H and O–H groups in total. The topological polar surface area (TPSA) is 167 Å². The number of carbonyl (C=O) groups excluding carboxylic acids is 6. The number of alkyl halides is 3. The van der Waals surface area contributed by atoms with Crippen LogP contribution in [0.1, 0.15) is 97.7 Å². The van der Waals surface area contributed by atoms with E-state index in [1.165, 1.54) is 14.7 Å². The Bertz CT molecular complexity index is 2710. The summed E-state index contributed by atoms with van der Waals surface area (Å²) in [6, 6.07) is 20.2. The molecular formula is C51H51F3N6O9. The molecule has 4 aromatic carbocycles. The quantitative estimate of drug-likeness (QED) is 0.171. The van der Waals surface area contributed by atoms with Crippen LogP contribution in [0.15, 0.2) is 78.9 Å². The molecule has 360 valence electrons. The molecule has 15 nitrogen and oxygen atoms in total. The molecular weight excluding hydrogens is 898 g/mol. The summed E-state index contributed by atoms with van der Waals surface area (Å²) in [4.78, 5) is 82.3. The van der Waals surface area contributed by atoms with Crippen molar-refractivity contribution >= 4 is 35.4 Å². The van der Waals surface area contributed by atoms with Crippen LogP contribution in [0, 0.1) is 0 Å². The number of carbonyl (C=O) groups is 6. The average Bonchev–Trinajstić information content (AvgIpc) is 4.02. The number of likely N-dealkylation sites (tertiary alicyclic amines) is 1. The molecule has 10 rings (SSSR count). The van der Waals surface area contributed by atoms with Crippen LogP contribution in [0.5, 0.6) is 11.5 Å². The molecule has 0 radical (unpaired) electrons. The maximum absolute atomic E-state index is 15.0. The largest absolute Gasteiger partial charge is 0.489 e. The molecule has 0 saturated carbocycles. The lowest BCUT2D eigenvalue weighted by Crippen LogP contribution is -2.52. The Morgan fingerprint density at radius 1 is 0.652 bits per heavy atom. The van der Waals surface area contributed by atoms with E-state index in [0.29, 0.717) is 59.1 Å². The van der Waals surface area contributed by atoms with Crippen LogP contribution >= 0.6 is 0 Å². The second kappa shape index (κ2) is 19.0. The zero-order valence-corrected chi connectivity index (χ0v) is 37.7. The van der Waals surface area contributed by atoms with Crippen LogP contribution in [0.3, 0.4) is 0 Å². The van der Waals surface area contributed by atoms with Crippen molar-refractivity contribution in [3.8, 4) is 11.5 Å². The number of morpholine rings is 1. The highest BCUT2D eigenvalue weighted by Gasteiger charge is 2.50. The first-order valence-electron chi connectivity index (χ1n) is 23.4. The molecule has 6 aliphatic rings. The van der Waals surface area contributed by atoms with Gasteiger partial charge < -0.3 is 24.0 Å². The minimum Gasteiger partial charge on any atom is -0.489 e. The van der Waals surface area contributed by atoms with E-state index in [0.717, 1.165) is 35.3 Å². The molecule has 4 fully saturated rings. The first kappa shape index (κ1) is 46.1. The molecule has 0 bridgehead atoms. The number of imide groups is 2. The fourth-order valence-electron chi connectivity index (χ4n) is 10.6. The Hall–Kier alpha value is -6.63. The van der Waals surface area contributed by atoms with Crippen LogP contribution < -0.4 is 20.1 Å². The Morgan fingerprint density at radius 3 is 1.77 bits per heavy atom. The Labute approximate surface area is 395 Å². The number of nitrogens with zero attached hydrogens (tertiary/aromatic N) is 4. The molecule has 6 aliphatic heterocycles. The van der Waals surface area contributed by atoms with E-state index in [-0.39, 0.29) is 95.1 Å². The highest BCUT2D eigenvalue weighted by Crippen LogP contribution is 2.43. The van der Waals surface area contributed by atoms with Crippen molar-refractivity contribution in [3.63, 3.8) is 0 Å². The van der Waals surface area contributed by atoms with Crippen molar-refractivity contribution < 1.29 is 56.1 Å². The fourth-order valence-corrected chi connectivity index (χ4v) is 10.6. The van der Waals surface area contributed by atoms with Crippen LogP contribution in [0.25, 0.3) is 0 Å². The second-order valence-electron chi connectivity index (χ2n) is 18.6. The minimum atomic E-state index is -4.50. The maximum Gasteiger partial charge on any atom is 0.404 e. The van der Waals surface area contributed by atoms with E-state index in [1.807, 2.05) is 30.3 Å². The van der Waals surface area contributed by atoms with Gasteiger partial charge in [0.05, 0.1) is 26.3 Å². The van der Waals surface area contributed by atoms with E-state index in [2.05, 4.69) is 15.5 Å². The number of benzene rings is 4. The van der Waals surface area contributed by atoms with Crippen LogP contribution in [0.4, 0.5) is 13.2 Å². The molecule has 4 atom stereocenters. The Morgan fingerprint density at radius 2 is 1.20 bits per heavy atom. The van der Waals surface area contributed by atoms with Gasteiger partial charge in [-0.05, 0) is 77.3 Å². The van der Waals surface area contributed by atoms with Crippen LogP contribution in [-0.2, 0) is 63.3 Å². The Balaban J connectivity index is 0.836. The van der Waals surface area contributed by atoms with Crippen molar-refractivity contribution in [2.24, 2.45) is 0 Å². The molecule has 18 heteroatoms. The number of rotatable bonds is 13. The summed E-state index contributed by atoms with van der Waals surface area (Å²) in [6.45, 7) is 3.95. The number of hydrogen-bond donors (Lipinski definition) is 2. The summed E-state index contributed by atoms with van der Waals surface area (Å²) in [6.07, 6.45) is -3.92. The fraction of sp³-hybridized carbons (Fsp3) is 0.412. The minimum absolute atomic E-state index is 0.0349. The van der Waals surface area contributed by atoms with Gasteiger partial charge in [-0.3, -0.25) is 49.2 Å². The molecule has 0 spiro atoms. The lowest BCUT2D eigenvalue weighted by atomic mass is 9.90. The van der Waals surface area contributed by atoms with E-state index in [9.17, 15) is 28.8 Å². The highest BCUT2D eigenvalue weighted by molar-refractivity contribution is 6.06. The molecule has 6 heterocycles. The smallest absolute Gasteiger partial charge is 0.404 e. The van der Waals surface area contributed by atoms with E-state index in [1.54, 1.807) is 48.5 Å². The van der Waals surface area contributed by atoms with Crippen LogP contribution in [-0.4, -0.2) is 112 Å². The van der Waals surface area contributed by atoms with Crippen LogP contribution in [0.2, 0.25) is 0 Å². The van der Waals surface area contributed by atoms with Gasteiger partial charge in [-0.1, -0.05) is 54.6 Å². The van der Waals surface area contributed by atoms with Gasteiger partial charge in [0.15, 0.2) is 0 Å². The summed E-state index contributed by atoms with van der Waals surface area (Å²) < 4.78 is 63.2. The number of amides is 6. The molecule has 4 aromatic rings. The number of halogens is 3. The molecule has 2 unspecified atom stereocenters. The lowest BCUT2D eigenvalue weighted by molar-refractivity contribution is -0.177.